The van der Waals surface area contributed by atoms with Crippen molar-refractivity contribution < 1.29 is 17.9 Å². The number of ether oxygens (including phenoxy) is 1. The number of sulfonamides is 1. The van der Waals surface area contributed by atoms with Gasteiger partial charge < -0.3 is 14.6 Å². The number of nitrogens with one attached hydrogen (secondary N) is 1. The van der Waals surface area contributed by atoms with Crippen molar-refractivity contribution >= 4 is 21.6 Å². The highest BCUT2D eigenvalue weighted by molar-refractivity contribution is 7.92. The number of aromatic nitrogens is 2. The van der Waals surface area contributed by atoms with Crippen LogP contribution in [0.25, 0.3) is 5.69 Å². The SMILES string of the molecule is Cc1nccn1-c1ccccc1CNC(=O)COc1ccc(N(C)S(C)(=O)=O)cc1. The molecule has 0 atom stereocenters. The molecule has 0 bridgehead atoms. The standard InChI is InChI=1S/C21H24N4O4S/c1-16-22-12-13-25(16)20-7-5-4-6-17(20)14-23-21(26)15-29-19-10-8-18(9-11-19)24(2)30(3,27)28/h4-13H,14-15H2,1-3H3,(H,23,26). The van der Waals surface area contributed by atoms with Crippen LogP contribution >= 0.6 is 0 Å². The van der Waals surface area contributed by atoms with Crippen LogP contribution in [0.4, 0.5) is 5.69 Å². The second-order valence-corrected chi connectivity index (χ2v) is 8.78. The third kappa shape index (κ3) is 5.18. The number of carbonyl (C=O) groups is 1. The molecule has 30 heavy (non-hydrogen) atoms. The minimum Gasteiger partial charge on any atom is -0.484 e. The van der Waals surface area contributed by atoms with Gasteiger partial charge in [0.2, 0.25) is 10.0 Å². The number of nitrogens with zero attached hydrogens (tertiary/aromatic N) is 3. The molecule has 9 heteroatoms. The lowest BCUT2D eigenvalue weighted by atomic mass is 10.1. The molecule has 8 nitrogen and oxygen atoms in total. The first kappa shape index (κ1) is 21.4. The molecule has 0 spiro atoms. The second kappa shape index (κ2) is 9.00. The van der Waals surface area contributed by atoms with E-state index in [2.05, 4.69) is 10.3 Å². The zero-order chi connectivity index (χ0) is 21.7. The Kier molecular flexibility index (Phi) is 6.41. The Hall–Kier alpha value is -3.33. The second-order valence-electron chi connectivity index (χ2n) is 6.76. The van der Waals surface area contributed by atoms with Crippen molar-refractivity contribution in [2.75, 3.05) is 24.2 Å². The van der Waals surface area contributed by atoms with Gasteiger partial charge in [-0.3, -0.25) is 9.10 Å². The number of hydrogen-bond donors (Lipinski definition) is 1. The van der Waals surface area contributed by atoms with Crippen LogP contribution in [0.15, 0.2) is 60.9 Å². The molecule has 1 amide bonds. The average molecular weight is 429 g/mol. The molecule has 3 rings (SSSR count). The summed E-state index contributed by atoms with van der Waals surface area (Å²) in [6, 6.07) is 14.3. The Balaban J connectivity index is 1.56. The molecule has 2 aromatic carbocycles. The van der Waals surface area contributed by atoms with Crippen LogP contribution < -0.4 is 14.4 Å². The van der Waals surface area contributed by atoms with Gasteiger partial charge in [0.15, 0.2) is 6.61 Å². The molecule has 0 unspecified atom stereocenters. The molecule has 0 aliphatic rings. The molecular formula is C21H24N4O4S. The highest BCUT2D eigenvalue weighted by Crippen LogP contribution is 2.20. The van der Waals surface area contributed by atoms with Crippen molar-refractivity contribution in [1.82, 2.24) is 14.9 Å². The number of amides is 1. The molecule has 0 aliphatic carbocycles. The van der Waals surface area contributed by atoms with E-state index in [0.29, 0.717) is 18.0 Å². The summed E-state index contributed by atoms with van der Waals surface area (Å²) in [5.74, 6) is 1.08. The van der Waals surface area contributed by atoms with Crippen LogP contribution in [-0.4, -0.2) is 43.8 Å². The lowest BCUT2D eigenvalue weighted by molar-refractivity contribution is -0.123. The molecule has 1 aromatic heterocycles. The Morgan fingerprint density at radius 1 is 1.17 bits per heavy atom. The van der Waals surface area contributed by atoms with Crippen LogP contribution in [0.5, 0.6) is 5.75 Å². The topological polar surface area (TPSA) is 93.5 Å². The summed E-state index contributed by atoms with van der Waals surface area (Å²) in [4.78, 5) is 16.5. The van der Waals surface area contributed by atoms with Gasteiger partial charge in [0, 0.05) is 26.0 Å². The van der Waals surface area contributed by atoms with E-state index in [1.54, 1.807) is 30.5 Å². The summed E-state index contributed by atoms with van der Waals surface area (Å²) in [5.41, 5.74) is 2.43. The maximum atomic E-state index is 12.2. The number of para-hydroxylation sites is 1. The van der Waals surface area contributed by atoms with E-state index in [4.69, 9.17) is 4.74 Å². The molecule has 0 saturated heterocycles. The molecular weight excluding hydrogens is 404 g/mol. The largest absolute Gasteiger partial charge is 0.484 e. The van der Waals surface area contributed by atoms with Gasteiger partial charge in [-0.25, -0.2) is 13.4 Å². The van der Waals surface area contributed by atoms with Crippen molar-refractivity contribution in [2.45, 2.75) is 13.5 Å². The van der Waals surface area contributed by atoms with Crippen molar-refractivity contribution in [3.05, 3.63) is 72.3 Å². The van der Waals surface area contributed by atoms with Crippen molar-refractivity contribution in [3.8, 4) is 11.4 Å². The molecule has 3 aromatic rings. The summed E-state index contributed by atoms with van der Waals surface area (Å²) in [6.07, 6.45) is 4.75. The van der Waals surface area contributed by atoms with Gasteiger partial charge in [0.1, 0.15) is 11.6 Å². The van der Waals surface area contributed by atoms with Gasteiger partial charge >= 0.3 is 0 Å². The first-order valence-electron chi connectivity index (χ1n) is 9.27. The van der Waals surface area contributed by atoms with Gasteiger partial charge in [-0.05, 0) is 42.8 Å². The lowest BCUT2D eigenvalue weighted by Gasteiger charge is -2.17. The summed E-state index contributed by atoms with van der Waals surface area (Å²) >= 11 is 0. The van der Waals surface area contributed by atoms with Crippen molar-refractivity contribution in [2.24, 2.45) is 0 Å². The zero-order valence-corrected chi connectivity index (χ0v) is 17.9. The van der Waals surface area contributed by atoms with E-state index in [1.165, 1.54) is 11.4 Å². The molecule has 158 valence electrons. The Morgan fingerprint density at radius 3 is 2.50 bits per heavy atom. The van der Waals surface area contributed by atoms with Gasteiger partial charge in [0.25, 0.3) is 5.91 Å². The lowest BCUT2D eigenvalue weighted by Crippen LogP contribution is -2.29. The molecule has 0 fully saturated rings. The van der Waals surface area contributed by atoms with Gasteiger partial charge in [-0.1, -0.05) is 18.2 Å². The highest BCUT2D eigenvalue weighted by atomic mass is 32.2. The average Bonchev–Trinajstić information content (AvgIpc) is 3.15. The van der Waals surface area contributed by atoms with Crippen molar-refractivity contribution in [3.63, 3.8) is 0 Å². The summed E-state index contributed by atoms with van der Waals surface area (Å²) in [5, 5.41) is 2.86. The number of imidazole rings is 1. The van der Waals surface area contributed by atoms with Crippen LogP contribution in [0.1, 0.15) is 11.4 Å². The van der Waals surface area contributed by atoms with Crippen LogP contribution in [0.2, 0.25) is 0 Å². The first-order valence-corrected chi connectivity index (χ1v) is 11.1. The number of carbonyl (C=O) groups excluding carboxylic acids is 1. The maximum Gasteiger partial charge on any atom is 0.258 e. The predicted octanol–water partition coefficient (Wildman–Crippen LogP) is 2.27. The fourth-order valence-corrected chi connectivity index (χ4v) is 3.37. The molecule has 0 radical (unpaired) electrons. The van der Waals surface area contributed by atoms with Gasteiger partial charge in [-0.2, -0.15) is 0 Å². The maximum absolute atomic E-state index is 12.2. The quantitative estimate of drug-likeness (QED) is 0.594. The molecule has 1 heterocycles. The van der Waals surface area contributed by atoms with Crippen LogP contribution in [-0.2, 0) is 21.4 Å². The number of hydrogen-bond acceptors (Lipinski definition) is 5. The monoisotopic (exact) mass is 428 g/mol. The summed E-state index contributed by atoms with van der Waals surface area (Å²) < 4.78 is 31.8. The normalized spacial score (nSPS) is 11.2. The van der Waals surface area contributed by atoms with E-state index < -0.39 is 10.0 Å². The van der Waals surface area contributed by atoms with Gasteiger partial charge in [-0.15, -0.1) is 0 Å². The number of benzene rings is 2. The zero-order valence-electron chi connectivity index (χ0n) is 17.1. The minimum atomic E-state index is -3.33. The highest BCUT2D eigenvalue weighted by Gasteiger charge is 2.12. The Morgan fingerprint density at radius 2 is 1.87 bits per heavy atom. The third-order valence-corrected chi connectivity index (χ3v) is 5.83. The van der Waals surface area contributed by atoms with Crippen molar-refractivity contribution in [1.29, 1.82) is 0 Å². The summed E-state index contributed by atoms with van der Waals surface area (Å²) in [7, 11) is -1.85. The van der Waals surface area contributed by atoms with E-state index in [9.17, 15) is 13.2 Å². The third-order valence-electron chi connectivity index (χ3n) is 4.62. The van der Waals surface area contributed by atoms with Gasteiger partial charge in [0.05, 0.1) is 17.6 Å². The van der Waals surface area contributed by atoms with Crippen LogP contribution in [0, 0.1) is 6.92 Å². The predicted molar refractivity (Wildman–Crippen MR) is 115 cm³/mol. The van der Waals surface area contributed by atoms with Crippen LogP contribution in [0.3, 0.4) is 0 Å². The fourth-order valence-electron chi connectivity index (χ4n) is 2.87. The molecule has 0 aliphatic heterocycles. The molecule has 0 saturated carbocycles. The Labute approximate surface area is 176 Å². The smallest absolute Gasteiger partial charge is 0.258 e. The molecule has 1 N–H and O–H groups in total. The number of rotatable bonds is 8. The number of aryl methyl sites for hydroxylation is 1. The fraction of sp³-hybridized carbons (Fsp3) is 0.238. The van der Waals surface area contributed by atoms with E-state index >= 15 is 0 Å². The Bertz CT molecular complexity index is 1120. The summed E-state index contributed by atoms with van der Waals surface area (Å²) in [6.45, 7) is 2.13. The first-order chi connectivity index (χ1) is 14.3. The van der Waals surface area contributed by atoms with E-state index in [0.717, 1.165) is 23.3 Å². The minimum absolute atomic E-state index is 0.145. The van der Waals surface area contributed by atoms with E-state index in [-0.39, 0.29) is 12.5 Å². The van der Waals surface area contributed by atoms with E-state index in [1.807, 2.05) is 42.0 Å². The number of anilines is 1.